The van der Waals surface area contributed by atoms with Gasteiger partial charge in [0.2, 0.25) is 5.91 Å². The van der Waals surface area contributed by atoms with Crippen LogP contribution in [0.2, 0.25) is 0 Å². The summed E-state index contributed by atoms with van der Waals surface area (Å²) >= 11 is 0. The molecule has 3 rings (SSSR count). The second kappa shape index (κ2) is 7.43. The van der Waals surface area contributed by atoms with Gasteiger partial charge in [0.15, 0.2) is 11.6 Å². The second-order valence-corrected chi connectivity index (χ2v) is 6.35. The Morgan fingerprint density at radius 1 is 1.19 bits per heavy atom. The lowest BCUT2D eigenvalue weighted by atomic mass is 10.0. The number of carbonyl (C=O) groups excluding carboxylic acids is 1. The zero-order valence-electron chi connectivity index (χ0n) is 14.8. The van der Waals surface area contributed by atoms with Gasteiger partial charge in [0.1, 0.15) is 5.82 Å². The number of benzene rings is 1. The Labute approximate surface area is 151 Å². The minimum absolute atomic E-state index is 0.0968. The van der Waals surface area contributed by atoms with E-state index in [0.717, 1.165) is 5.69 Å². The molecule has 1 N–H and O–H groups in total. The number of carbonyl (C=O) groups is 1. The minimum Gasteiger partial charge on any atom is -0.346 e. The van der Waals surface area contributed by atoms with Crippen molar-refractivity contribution < 1.29 is 9.18 Å². The van der Waals surface area contributed by atoms with Crippen LogP contribution in [0.4, 0.5) is 4.39 Å². The summed E-state index contributed by atoms with van der Waals surface area (Å²) in [5.74, 6) is 0.689. The van der Waals surface area contributed by atoms with E-state index in [-0.39, 0.29) is 23.7 Å². The van der Waals surface area contributed by atoms with E-state index in [1.807, 2.05) is 19.9 Å². The smallest absolute Gasteiger partial charge is 0.217 e. The first kappa shape index (κ1) is 17.7. The maximum atomic E-state index is 13.2. The predicted molar refractivity (Wildman–Crippen MR) is 95.9 cm³/mol. The Hall–Kier alpha value is -3.09. The fourth-order valence-corrected chi connectivity index (χ4v) is 2.66. The number of halogens is 1. The monoisotopic (exact) mass is 353 g/mol. The first-order valence-corrected chi connectivity index (χ1v) is 8.36. The van der Waals surface area contributed by atoms with Gasteiger partial charge in [-0.3, -0.25) is 9.78 Å². The van der Waals surface area contributed by atoms with E-state index in [0.29, 0.717) is 17.2 Å². The summed E-state index contributed by atoms with van der Waals surface area (Å²) in [4.78, 5) is 20.5. The lowest BCUT2D eigenvalue weighted by Gasteiger charge is -2.21. The van der Waals surface area contributed by atoms with E-state index in [9.17, 15) is 9.18 Å². The molecule has 0 bridgehead atoms. The average Bonchev–Trinajstić information content (AvgIpc) is 3.05. The van der Waals surface area contributed by atoms with Crippen LogP contribution in [-0.4, -0.2) is 25.7 Å². The van der Waals surface area contributed by atoms with Gasteiger partial charge in [0, 0.05) is 18.7 Å². The van der Waals surface area contributed by atoms with E-state index in [1.54, 1.807) is 35.3 Å². The Morgan fingerprint density at radius 3 is 2.50 bits per heavy atom. The maximum absolute atomic E-state index is 13.2. The topological polar surface area (TPSA) is 72.7 Å². The van der Waals surface area contributed by atoms with Crippen LogP contribution in [0.5, 0.6) is 0 Å². The average molecular weight is 353 g/mol. The molecule has 1 amide bonds. The largest absolute Gasteiger partial charge is 0.346 e. The van der Waals surface area contributed by atoms with Crippen molar-refractivity contribution >= 4 is 5.91 Å². The summed E-state index contributed by atoms with van der Waals surface area (Å²) in [6.07, 6.45) is 3.35. The fraction of sp³-hybridized carbons (Fsp3) is 0.263. The van der Waals surface area contributed by atoms with E-state index < -0.39 is 0 Å². The molecule has 0 aliphatic carbocycles. The molecular formula is C19H20FN5O. The third kappa shape index (κ3) is 3.77. The van der Waals surface area contributed by atoms with Gasteiger partial charge in [-0.25, -0.2) is 14.1 Å². The summed E-state index contributed by atoms with van der Waals surface area (Å²) in [5, 5.41) is 7.52. The van der Waals surface area contributed by atoms with Crippen molar-refractivity contribution in [2.45, 2.75) is 26.8 Å². The quantitative estimate of drug-likeness (QED) is 0.764. The molecule has 0 saturated heterocycles. The maximum Gasteiger partial charge on any atom is 0.217 e. The number of pyridine rings is 1. The van der Waals surface area contributed by atoms with Crippen LogP contribution in [0.3, 0.4) is 0 Å². The summed E-state index contributed by atoms with van der Waals surface area (Å²) in [6.45, 7) is 5.47. The van der Waals surface area contributed by atoms with Gasteiger partial charge < -0.3 is 5.32 Å². The van der Waals surface area contributed by atoms with Gasteiger partial charge in [-0.15, -0.1) is 5.10 Å². The van der Waals surface area contributed by atoms with Crippen molar-refractivity contribution in [3.63, 3.8) is 0 Å². The van der Waals surface area contributed by atoms with Crippen LogP contribution in [0.15, 0.2) is 48.8 Å². The molecule has 1 aromatic carbocycles. The third-order valence-corrected chi connectivity index (χ3v) is 3.93. The molecule has 0 spiro atoms. The molecule has 7 heteroatoms. The van der Waals surface area contributed by atoms with E-state index in [1.165, 1.54) is 19.1 Å². The fourth-order valence-electron chi connectivity index (χ4n) is 2.66. The van der Waals surface area contributed by atoms with Gasteiger partial charge >= 0.3 is 0 Å². The van der Waals surface area contributed by atoms with Crippen LogP contribution in [0.25, 0.3) is 17.1 Å². The minimum atomic E-state index is -0.325. The number of rotatable bonds is 5. The summed E-state index contributed by atoms with van der Waals surface area (Å²) in [5.41, 5.74) is 1.43. The summed E-state index contributed by atoms with van der Waals surface area (Å²) < 4.78 is 14.9. The highest BCUT2D eigenvalue weighted by Gasteiger charge is 2.25. The van der Waals surface area contributed by atoms with Crippen LogP contribution in [-0.2, 0) is 4.79 Å². The molecule has 2 aromatic heterocycles. The molecule has 3 aromatic rings. The molecule has 6 nitrogen and oxygen atoms in total. The Morgan fingerprint density at radius 2 is 1.92 bits per heavy atom. The SMILES string of the molecule is CC(=O)NC(c1nc(-c2ccc(F)cc2)nn1-c1cccnc1)C(C)C. The van der Waals surface area contributed by atoms with E-state index in [2.05, 4.69) is 20.4 Å². The van der Waals surface area contributed by atoms with Crippen molar-refractivity contribution in [3.05, 3.63) is 60.4 Å². The second-order valence-electron chi connectivity index (χ2n) is 6.35. The van der Waals surface area contributed by atoms with Crippen LogP contribution >= 0.6 is 0 Å². The number of hydrogen-bond acceptors (Lipinski definition) is 4. The molecule has 1 atom stereocenters. The van der Waals surface area contributed by atoms with Gasteiger partial charge in [-0.2, -0.15) is 0 Å². The van der Waals surface area contributed by atoms with Crippen molar-refractivity contribution in [2.24, 2.45) is 5.92 Å². The number of amides is 1. The van der Waals surface area contributed by atoms with Gasteiger partial charge in [0.25, 0.3) is 0 Å². The zero-order valence-corrected chi connectivity index (χ0v) is 14.8. The standard InChI is InChI=1S/C19H20FN5O/c1-12(2)17(22-13(3)26)19-23-18(14-6-8-15(20)9-7-14)24-25(19)16-5-4-10-21-11-16/h4-12,17H,1-3H3,(H,22,26). The van der Waals surface area contributed by atoms with Gasteiger partial charge in [-0.1, -0.05) is 13.8 Å². The van der Waals surface area contributed by atoms with Crippen LogP contribution in [0, 0.1) is 11.7 Å². The van der Waals surface area contributed by atoms with Crippen molar-refractivity contribution in [1.29, 1.82) is 0 Å². The molecule has 2 heterocycles. The Balaban J connectivity index is 2.14. The molecule has 0 aliphatic heterocycles. The molecule has 0 radical (unpaired) electrons. The number of hydrogen-bond donors (Lipinski definition) is 1. The van der Waals surface area contributed by atoms with Crippen LogP contribution in [0.1, 0.15) is 32.6 Å². The predicted octanol–water partition coefficient (Wildman–Crippen LogP) is 3.30. The zero-order chi connectivity index (χ0) is 18.7. The third-order valence-electron chi connectivity index (χ3n) is 3.93. The summed E-state index contributed by atoms with van der Waals surface area (Å²) in [6, 6.07) is 9.34. The Bertz CT molecular complexity index is 890. The number of nitrogens with one attached hydrogen (secondary N) is 1. The van der Waals surface area contributed by atoms with Gasteiger partial charge in [-0.05, 0) is 42.3 Å². The molecule has 0 aliphatic rings. The number of aromatic nitrogens is 4. The number of nitrogens with zero attached hydrogens (tertiary/aromatic N) is 4. The molecular weight excluding hydrogens is 333 g/mol. The first-order chi connectivity index (χ1) is 12.5. The van der Waals surface area contributed by atoms with E-state index >= 15 is 0 Å². The lowest BCUT2D eigenvalue weighted by Crippen LogP contribution is -2.32. The van der Waals surface area contributed by atoms with Crippen LogP contribution < -0.4 is 5.32 Å². The van der Waals surface area contributed by atoms with Crippen molar-refractivity contribution in [3.8, 4) is 17.1 Å². The van der Waals surface area contributed by atoms with Gasteiger partial charge in [0.05, 0.1) is 17.9 Å². The highest BCUT2D eigenvalue weighted by Crippen LogP contribution is 2.26. The van der Waals surface area contributed by atoms with E-state index in [4.69, 9.17) is 0 Å². The lowest BCUT2D eigenvalue weighted by molar-refractivity contribution is -0.120. The molecule has 1 unspecified atom stereocenters. The van der Waals surface area contributed by atoms with Crippen molar-refractivity contribution in [1.82, 2.24) is 25.1 Å². The van der Waals surface area contributed by atoms with Crippen molar-refractivity contribution in [2.75, 3.05) is 0 Å². The summed E-state index contributed by atoms with van der Waals surface area (Å²) in [7, 11) is 0. The molecule has 0 fully saturated rings. The molecule has 134 valence electrons. The normalized spacial score (nSPS) is 12.2. The molecule has 0 saturated carbocycles. The highest BCUT2D eigenvalue weighted by molar-refractivity contribution is 5.73. The molecule has 26 heavy (non-hydrogen) atoms. The highest BCUT2D eigenvalue weighted by atomic mass is 19.1. The Kier molecular flexibility index (Phi) is 5.06. The first-order valence-electron chi connectivity index (χ1n) is 8.36.